The first kappa shape index (κ1) is 14.2. The Balaban J connectivity index is 1.82. The molecule has 0 aliphatic heterocycles. The zero-order valence-corrected chi connectivity index (χ0v) is 13.8. The van der Waals surface area contributed by atoms with Crippen LogP contribution in [0.4, 0.5) is 10.9 Å². The Hall–Kier alpha value is -1.79. The van der Waals surface area contributed by atoms with Crippen molar-refractivity contribution in [2.75, 3.05) is 5.32 Å². The number of nitrogens with zero attached hydrogens (tertiary/aromatic N) is 3. The van der Waals surface area contributed by atoms with Gasteiger partial charge >= 0.3 is 0 Å². The summed E-state index contributed by atoms with van der Waals surface area (Å²) in [5.74, 6) is 0.816. The molecule has 0 atom stereocenters. The Morgan fingerprint density at radius 3 is 2.71 bits per heavy atom. The summed E-state index contributed by atoms with van der Waals surface area (Å²) in [6, 6.07) is 3.99. The zero-order chi connectivity index (χ0) is 14.8. The van der Waals surface area contributed by atoms with Gasteiger partial charge in [0.1, 0.15) is 5.82 Å². The molecule has 6 heteroatoms. The van der Waals surface area contributed by atoms with E-state index in [0.717, 1.165) is 44.2 Å². The normalized spacial score (nSPS) is 10.8. The highest BCUT2D eigenvalue weighted by molar-refractivity contribution is 7.16. The Kier molecular flexibility index (Phi) is 3.98. The van der Waals surface area contributed by atoms with E-state index in [2.05, 4.69) is 32.6 Å². The van der Waals surface area contributed by atoms with E-state index >= 15 is 0 Å². The van der Waals surface area contributed by atoms with Crippen molar-refractivity contribution in [3.63, 3.8) is 0 Å². The summed E-state index contributed by atoms with van der Waals surface area (Å²) in [6.07, 6.45) is 2.81. The van der Waals surface area contributed by atoms with Crippen LogP contribution in [0.2, 0.25) is 0 Å². The topological polar surface area (TPSA) is 50.7 Å². The molecule has 0 bridgehead atoms. The average molecular weight is 316 g/mol. The van der Waals surface area contributed by atoms with Gasteiger partial charge in [0, 0.05) is 11.6 Å². The van der Waals surface area contributed by atoms with Crippen molar-refractivity contribution in [2.24, 2.45) is 0 Å². The molecule has 0 aliphatic carbocycles. The minimum atomic E-state index is 0.816. The van der Waals surface area contributed by atoms with Crippen LogP contribution in [-0.2, 0) is 6.42 Å². The molecule has 3 aromatic rings. The fourth-order valence-electron chi connectivity index (χ4n) is 1.93. The first-order valence-electron chi connectivity index (χ1n) is 6.77. The number of thiazole rings is 2. The van der Waals surface area contributed by atoms with Gasteiger partial charge in [-0.25, -0.2) is 15.0 Å². The molecule has 0 saturated heterocycles. The molecule has 0 unspecified atom stereocenters. The lowest BCUT2D eigenvalue weighted by Gasteiger charge is -2.01. The van der Waals surface area contributed by atoms with Crippen molar-refractivity contribution < 1.29 is 0 Å². The molecule has 108 valence electrons. The minimum absolute atomic E-state index is 0.816. The predicted molar refractivity (Wildman–Crippen MR) is 89.6 cm³/mol. The quantitative estimate of drug-likeness (QED) is 0.765. The largest absolute Gasteiger partial charge is 0.316 e. The van der Waals surface area contributed by atoms with Crippen LogP contribution in [0.25, 0.3) is 10.6 Å². The summed E-state index contributed by atoms with van der Waals surface area (Å²) in [6.45, 7) is 6.19. The Morgan fingerprint density at radius 2 is 2.05 bits per heavy atom. The van der Waals surface area contributed by atoms with Gasteiger partial charge in [0.2, 0.25) is 0 Å². The standard InChI is InChI=1S/C15H16N4S2/c1-4-13-17-10(3)14(21-13)11-8-20-15(18-11)19-12-6-5-9(2)7-16-12/h5-8H,4H2,1-3H3,(H,16,18,19). The molecule has 0 aliphatic rings. The van der Waals surface area contributed by atoms with Crippen LogP contribution in [0.3, 0.4) is 0 Å². The second kappa shape index (κ2) is 5.91. The second-order valence-corrected chi connectivity index (χ2v) is 6.70. The number of nitrogens with one attached hydrogen (secondary N) is 1. The predicted octanol–water partition coefficient (Wildman–Crippen LogP) is 4.58. The molecule has 0 spiro atoms. The van der Waals surface area contributed by atoms with Crippen molar-refractivity contribution in [1.29, 1.82) is 0 Å². The molecule has 3 heterocycles. The third-order valence-corrected chi connectivity index (χ3v) is 5.11. The maximum absolute atomic E-state index is 4.64. The number of aromatic nitrogens is 3. The van der Waals surface area contributed by atoms with E-state index in [0.29, 0.717) is 0 Å². The first-order chi connectivity index (χ1) is 10.2. The third-order valence-electron chi connectivity index (χ3n) is 3.03. The Bertz CT molecular complexity index is 743. The van der Waals surface area contributed by atoms with Gasteiger partial charge in [-0.15, -0.1) is 22.7 Å². The van der Waals surface area contributed by atoms with Crippen LogP contribution < -0.4 is 5.32 Å². The van der Waals surface area contributed by atoms with Crippen LogP contribution in [0.5, 0.6) is 0 Å². The first-order valence-corrected chi connectivity index (χ1v) is 8.47. The summed E-state index contributed by atoms with van der Waals surface area (Å²) in [4.78, 5) is 14.7. The molecule has 1 N–H and O–H groups in total. The molecule has 4 nitrogen and oxygen atoms in total. The lowest BCUT2D eigenvalue weighted by atomic mass is 10.3. The fraction of sp³-hybridized carbons (Fsp3) is 0.267. The van der Waals surface area contributed by atoms with Crippen molar-refractivity contribution in [3.05, 3.63) is 40.0 Å². The summed E-state index contributed by atoms with van der Waals surface area (Å²) in [7, 11) is 0. The number of hydrogen-bond donors (Lipinski definition) is 1. The fourth-order valence-corrected chi connectivity index (χ4v) is 3.68. The van der Waals surface area contributed by atoms with E-state index in [-0.39, 0.29) is 0 Å². The minimum Gasteiger partial charge on any atom is -0.316 e. The van der Waals surface area contributed by atoms with E-state index in [1.165, 1.54) is 0 Å². The molecule has 0 fully saturated rings. The summed E-state index contributed by atoms with van der Waals surface area (Å²) in [5, 5.41) is 7.32. The van der Waals surface area contributed by atoms with E-state index in [4.69, 9.17) is 0 Å². The number of pyridine rings is 1. The van der Waals surface area contributed by atoms with Gasteiger partial charge in [0.05, 0.1) is 21.3 Å². The van der Waals surface area contributed by atoms with Crippen LogP contribution in [-0.4, -0.2) is 15.0 Å². The van der Waals surface area contributed by atoms with Crippen LogP contribution in [0.1, 0.15) is 23.2 Å². The lowest BCUT2D eigenvalue weighted by Crippen LogP contribution is -1.92. The van der Waals surface area contributed by atoms with E-state index in [9.17, 15) is 0 Å². The molecule has 3 rings (SSSR count). The molecule has 21 heavy (non-hydrogen) atoms. The molecule has 3 aromatic heterocycles. The highest BCUT2D eigenvalue weighted by Crippen LogP contribution is 2.33. The summed E-state index contributed by atoms with van der Waals surface area (Å²) < 4.78 is 0. The molecule has 0 amide bonds. The number of aryl methyl sites for hydroxylation is 3. The monoisotopic (exact) mass is 316 g/mol. The van der Waals surface area contributed by atoms with Gasteiger partial charge in [0.25, 0.3) is 0 Å². The van der Waals surface area contributed by atoms with Crippen LogP contribution >= 0.6 is 22.7 Å². The van der Waals surface area contributed by atoms with Crippen molar-refractivity contribution in [2.45, 2.75) is 27.2 Å². The summed E-state index contributed by atoms with van der Waals surface area (Å²) in [5.41, 5.74) is 3.19. The van der Waals surface area contributed by atoms with Gasteiger partial charge in [0.15, 0.2) is 5.13 Å². The van der Waals surface area contributed by atoms with Crippen molar-refractivity contribution in [1.82, 2.24) is 15.0 Å². The van der Waals surface area contributed by atoms with E-state index < -0.39 is 0 Å². The van der Waals surface area contributed by atoms with Gasteiger partial charge in [-0.2, -0.15) is 0 Å². The van der Waals surface area contributed by atoms with Crippen molar-refractivity contribution in [3.8, 4) is 10.6 Å². The molecular formula is C15H16N4S2. The van der Waals surface area contributed by atoms with Gasteiger partial charge in [-0.05, 0) is 31.9 Å². The molecule has 0 saturated carbocycles. The maximum Gasteiger partial charge on any atom is 0.188 e. The SMILES string of the molecule is CCc1nc(C)c(-c2csc(Nc3ccc(C)cn3)n2)s1. The molecule has 0 radical (unpaired) electrons. The van der Waals surface area contributed by atoms with E-state index in [1.54, 1.807) is 22.7 Å². The lowest BCUT2D eigenvalue weighted by molar-refractivity contribution is 1.07. The summed E-state index contributed by atoms with van der Waals surface area (Å²) >= 11 is 3.31. The van der Waals surface area contributed by atoms with Crippen LogP contribution in [0.15, 0.2) is 23.7 Å². The highest BCUT2D eigenvalue weighted by Gasteiger charge is 2.12. The van der Waals surface area contributed by atoms with Crippen LogP contribution in [0, 0.1) is 13.8 Å². The third kappa shape index (κ3) is 3.11. The average Bonchev–Trinajstić information content (AvgIpc) is 3.07. The second-order valence-electron chi connectivity index (χ2n) is 4.76. The highest BCUT2D eigenvalue weighted by atomic mass is 32.1. The number of rotatable bonds is 4. The van der Waals surface area contributed by atoms with Gasteiger partial charge in [-0.1, -0.05) is 13.0 Å². The Morgan fingerprint density at radius 1 is 1.19 bits per heavy atom. The molecule has 0 aromatic carbocycles. The zero-order valence-electron chi connectivity index (χ0n) is 12.2. The van der Waals surface area contributed by atoms with Gasteiger partial charge < -0.3 is 5.32 Å². The maximum atomic E-state index is 4.64. The van der Waals surface area contributed by atoms with E-state index in [1.807, 2.05) is 32.2 Å². The smallest absolute Gasteiger partial charge is 0.188 e. The number of hydrogen-bond acceptors (Lipinski definition) is 6. The van der Waals surface area contributed by atoms with Crippen molar-refractivity contribution >= 4 is 33.6 Å². The van der Waals surface area contributed by atoms with Gasteiger partial charge in [-0.3, -0.25) is 0 Å². The molecular weight excluding hydrogens is 300 g/mol. The Labute approximate surface area is 131 Å². The number of anilines is 2.